The average Bonchev–Trinajstić information content (AvgIpc) is 3.45. The maximum absolute atomic E-state index is 15.0. The van der Waals surface area contributed by atoms with Crippen LogP contribution in [0.2, 0.25) is 0 Å². The lowest BCUT2D eigenvalue weighted by Gasteiger charge is -2.36. The highest BCUT2D eigenvalue weighted by Gasteiger charge is 2.33. The highest BCUT2D eigenvalue weighted by atomic mass is 19.1. The first kappa shape index (κ1) is 24.3. The number of anilines is 2. The third-order valence-corrected chi connectivity index (χ3v) is 5.79. The molecule has 0 spiro atoms. The van der Waals surface area contributed by atoms with E-state index in [1.54, 1.807) is 25.1 Å². The summed E-state index contributed by atoms with van der Waals surface area (Å²) in [5.74, 6) is -0.239. The van der Waals surface area contributed by atoms with Gasteiger partial charge in [0.2, 0.25) is 0 Å². The molecule has 1 aromatic carbocycles. The summed E-state index contributed by atoms with van der Waals surface area (Å²) in [6.07, 6.45) is -1.78. The fourth-order valence-electron chi connectivity index (χ4n) is 4.06. The minimum atomic E-state index is -0.611. The summed E-state index contributed by atoms with van der Waals surface area (Å²) in [5.41, 5.74) is 0.795. The largest absolute Gasteiger partial charge is 0.450 e. The molecule has 3 heterocycles. The Balaban J connectivity index is 1.31. The monoisotopic (exact) mass is 491 g/mol. The van der Waals surface area contributed by atoms with Gasteiger partial charge in [-0.05, 0) is 31.2 Å². The maximum Gasteiger partial charge on any atom is 0.433 e. The summed E-state index contributed by atoms with van der Waals surface area (Å²) in [5, 5.41) is 13.3. The summed E-state index contributed by atoms with van der Waals surface area (Å²) in [7, 11) is 0. The first-order chi connectivity index (χ1) is 16.8. The molecule has 0 bridgehead atoms. The molecular weight excluding hydrogens is 465 g/mol. The molecular formula is C22H26FN5O7. The first-order valence-corrected chi connectivity index (χ1v) is 11.2. The van der Waals surface area contributed by atoms with Crippen molar-refractivity contribution in [2.24, 2.45) is 0 Å². The Morgan fingerprint density at radius 2 is 2.03 bits per heavy atom. The van der Waals surface area contributed by atoms with E-state index in [-0.39, 0.29) is 25.6 Å². The number of amides is 2. The molecule has 0 unspecified atom stereocenters. The number of halogens is 1. The number of piperazine rings is 1. The highest BCUT2D eigenvalue weighted by molar-refractivity contribution is 5.90. The van der Waals surface area contributed by atoms with Crippen molar-refractivity contribution in [1.29, 1.82) is 0 Å². The standard InChI is InChI=1S/C22H26FN5O7/c1-2-33-21(29)24-12-17-14-27(22(30)35-17)15-3-5-19(18(23)11-15)26-9-7-25(8-10-26)13-16-4-6-20(34-16)28(31)32/h3-6,11,17H,2,7-10,12-14H2,1H3,(H,24,29)/t17-/m0/s1. The number of ether oxygens (including phenoxy) is 2. The summed E-state index contributed by atoms with van der Waals surface area (Å²) in [4.78, 5) is 39.2. The van der Waals surface area contributed by atoms with Gasteiger partial charge in [0.15, 0.2) is 0 Å². The smallest absolute Gasteiger partial charge is 0.433 e. The molecule has 188 valence electrons. The van der Waals surface area contributed by atoms with Gasteiger partial charge in [0.25, 0.3) is 0 Å². The lowest BCUT2D eigenvalue weighted by Crippen LogP contribution is -2.46. The molecule has 2 amide bonds. The van der Waals surface area contributed by atoms with E-state index in [9.17, 15) is 24.1 Å². The van der Waals surface area contributed by atoms with Gasteiger partial charge in [-0.25, -0.2) is 14.0 Å². The number of cyclic esters (lactones) is 1. The molecule has 0 saturated carbocycles. The van der Waals surface area contributed by atoms with Crippen LogP contribution in [0.4, 0.5) is 31.2 Å². The number of nitrogens with one attached hydrogen (secondary N) is 1. The van der Waals surface area contributed by atoms with Crippen molar-refractivity contribution < 1.29 is 32.8 Å². The molecule has 0 aliphatic carbocycles. The number of hydrogen-bond acceptors (Lipinski definition) is 9. The molecule has 2 aliphatic heterocycles. The van der Waals surface area contributed by atoms with Crippen LogP contribution in [0.5, 0.6) is 0 Å². The molecule has 13 heteroatoms. The molecule has 35 heavy (non-hydrogen) atoms. The van der Waals surface area contributed by atoms with Crippen molar-refractivity contribution in [3.63, 3.8) is 0 Å². The molecule has 2 aromatic rings. The van der Waals surface area contributed by atoms with Crippen molar-refractivity contribution in [3.8, 4) is 0 Å². The van der Waals surface area contributed by atoms with E-state index in [0.29, 0.717) is 49.9 Å². The lowest BCUT2D eigenvalue weighted by molar-refractivity contribution is -0.402. The van der Waals surface area contributed by atoms with Gasteiger partial charge in [0.1, 0.15) is 22.6 Å². The Kier molecular flexibility index (Phi) is 7.34. The van der Waals surface area contributed by atoms with Gasteiger partial charge in [-0.1, -0.05) is 0 Å². The molecule has 1 N–H and O–H groups in total. The van der Waals surface area contributed by atoms with Crippen LogP contribution in [-0.4, -0.2) is 74.0 Å². The molecule has 2 saturated heterocycles. The van der Waals surface area contributed by atoms with Crippen molar-refractivity contribution >= 4 is 29.4 Å². The Morgan fingerprint density at radius 1 is 1.26 bits per heavy atom. The maximum atomic E-state index is 15.0. The van der Waals surface area contributed by atoms with Gasteiger partial charge >= 0.3 is 18.1 Å². The van der Waals surface area contributed by atoms with Crippen molar-refractivity contribution in [3.05, 3.63) is 52.0 Å². The molecule has 2 aliphatic rings. The minimum absolute atomic E-state index is 0.0945. The molecule has 12 nitrogen and oxygen atoms in total. The number of nitro groups is 1. The van der Waals surface area contributed by atoms with Crippen LogP contribution in [0.25, 0.3) is 0 Å². The second kappa shape index (κ2) is 10.6. The Labute approximate surface area is 200 Å². The fourth-order valence-corrected chi connectivity index (χ4v) is 4.06. The predicted octanol–water partition coefficient (Wildman–Crippen LogP) is 2.72. The number of rotatable bonds is 8. The average molecular weight is 491 g/mol. The number of alkyl carbamates (subject to hydrolysis) is 1. The second-order valence-electron chi connectivity index (χ2n) is 8.11. The van der Waals surface area contributed by atoms with Gasteiger partial charge in [-0.15, -0.1) is 0 Å². The van der Waals surface area contributed by atoms with E-state index in [4.69, 9.17) is 13.9 Å². The zero-order chi connectivity index (χ0) is 24.9. The van der Waals surface area contributed by atoms with Crippen LogP contribution in [0.1, 0.15) is 12.7 Å². The second-order valence-corrected chi connectivity index (χ2v) is 8.11. The van der Waals surface area contributed by atoms with Crippen molar-refractivity contribution in [2.75, 3.05) is 55.7 Å². The van der Waals surface area contributed by atoms with Crippen LogP contribution in [0.15, 0.2) is 34.7 Å². The SMILES string of the molecule is CCOC(=O)NC[C@H]1CN(c2ccc(N3CCN(Cc4ccc([N+](=O)[O-])o4)CC3)c(F)c2)C(=O)O1. The third kappa shape index (κ3) is 5.80. The van der Waals surface area contributed by atoms with Crippen molar-refractivity contribution in [2.45, 2.75) is 19.6 Å². The Morgan fingerprint density at radius 3 is 2.69 bits per heavy atom. The van der Waals surface area contributed by atoms with E-state index < -0.39 is 29.0 Å². The number of hydrogen-bond donors (Lipinski definition) is 1. The van der Waals surface area contributed by atoms with Crippen LogP contribution >= 0.6 is 0 Å². The first-order valence-electron chi connectivity index (χ1n) is 11.2. The molecule has 2 fully saturated rings. The van der Waals surface area contributed by atoms with E-state index in [1.807, 2.05) is 4.90 Å². The number of furan rings is 1. The lowest BCUT2D eigenvalue weighted by atomic mass is 10.2. The predicted molar refractivity (Wildman–Crippen MR) is 122 cm³/mol. The zero-order valence-corrected chi connectivity index (χ0v) is 19.1. The van der Waals surface area contributed by atoms with E-state index >= 15 is 0 Å². The molecule has 1 atom stereocenters. The number of nitrogens with zero attached hydrogens (tertiary/aromatic N) is 4. The van der Waals surface area contributed by atoms with Gasteiger partial charge < -0.3 is 24.1 Å². The number of carbonyl (C=O) groups is 2. The van der Waals surface area contributed by atoms with Crippen LogP contribution in [0.3, 0.4) is 0 Å². The van der Waals surface area contributed by atoms with E-state index in [2.05, 4.69) is 10.2 Å². The van der Waals surface area contributed by atoms with E-state index in [0.717, 1.165) is 0 Å². The fraction of sp³-hybridized carbons (Fsp3) is 0.455. The summed E-state index contributed by atoms with van der Waals surface area (Å²) >= 11 is 0. The molecule has 0 radical (unpaired) electrons. The minimum Gasteiger partial charge on any atom is -0.450 e. The normalized spacial score (nSPS) is 18.5. The van der Waals surface area contributed by atoms with Gasteiger partial charge in [0, 0.05) is 26.2 Å². The number of benzene rings is 1. The van der Waals surface area contributed by atoms with Gasteiger partial charge in [-0.2, -0.15) is 0 Å². The van der Waals surface area contributed by atoms with Crippen LogP contribution in [0, 0.1) is 15.9 Å². The molecule has 4 rings (SSSR count). The zero-order valence-electron chi connectivity index (χ0n) is 19.1. The topological polar surface area (TPSA) is 131 Å². The number of carbonyl (C=O) groups excluding carboxylic acids is 2. The summed E-state index contributed by atoms with van der Waals surface area (Å²) in [6, 6.07) is 7.51. The molecule has 1 aromatic heterocycles. The summed E-state index contributed by atoms with van der Waals surface area (Å²) < 4.78 is 30.2. The van der Waals surface area contributed by atoms with E-state index in [1.165, 1.54) is 17.0 Å². The summed E-state index contributed by atoms with van der Waals surface area (Å²) in [6.45, 7) is 5.01. The van der Waals surface area contributed by atoms with Gasteiger partial charge in [-0.3, -0.25) is 19.9 Å². The van der Waals surface area contributed by atoms with Crippen LogP contribution in [-0.2, 0) is 16.0 Å². The van der Waals surface area contributed by atoms with Crippen LogP contribution < -0.4 is 15.1 Å². The third-order valence-electron chi connectivity index (χ3n) is 5.79. The van der Waals surface area contributed by atoms with Crippen molar-refractivity contribution in [1.82, 2.24) is 10.2 Å². The quantitative estimate of drug-likeness (QED) is 0.437. The highest BCUT2D eigenvalue weighted by Crippen LogP contribution is 2.29. The van der Waals surface area contributed by atoms with Gasteiger partial charge in [0.05, 0.1) is 43.7 Å². The Bertz CT molecular complexity index is 1090. The Hall–Kier alpha value is -3.87.